The Morgan fingerprint density at radius 3 is 2.42 bits per heavy atom. The topological polar surface area (TPSA) is 0 Å². The summed E-state index contributed by atoms with van der Waals surface area (Å²) in [5.41, 5.74) is 2.14. The van der Waals surface area contributed by atoms with Crippen LogP contribution in [0.1, 0.15) is 51.4 Å². The molecule has 0 aliphatic heterocycles. The monoisotopic (exact) mass is 276 g/mol. The van der Waals surface area contributed by atoms with Gasteiger partial charge in [0, 0.05) is 0 Å². The van der Waals surface area contributed by atoms with E-state index in [9.17, 15) is 0 Å². The molecule has 108 valence electrons. The summed E-state index contributed by atoms with van der Waals surface area (Å²) in [5, 5.41) is 0. The molecule has 0 radical (unpaired) electrons. The second kappa shape index (κ2) is 6.43. The molecule has 0 bridgehead atoms. The molecule has 0 aromatic carbocycles. The molecule has 19 heavy (non-hydrogen) atoms. The van der Waals surface area contributed by atoms with Crippen molar-refractivity contribution in [3.05, 3.63) is 25.3 Å². The highest BCUT2D eigenvalue weighted by Crippen LogP contribution is 2.54. The van der Waals surface area contributed by atoms with Crippen LogP contribution in [0.15, 0.2) is 25.3 Å². The first-order chi connectivity index (χ1) is 9.09. The molecule has 2 fully saturated rings. The van der Waals surface area contributed by atoms with Crippen LogP contribution in [0, 0.1) is 11.8 Å². The smallest absolute Gasteiger partial charge is 0.0538 e. The molecule has 0 N–H and O–H groups in total. The molecule has 0 nitrogen and oxygen atoms in total. The predicted octanol–water partition coefficient (Wildman–Crippen LogP) is 6.19. The van der Waals surface area contributed by atoms with Crippen molar-refractivity contribution in [1.82, 2.24) is 0 Å². The third-order valence-electron chi connectivity index (χ3n) is 6.18. The van der Waals surface area contributed by atoms with Crippen molar-refractivity contribution in [3.63, 3.8) is 0 Å². The van der Waals surface area contributed by atoms with E-state index >= 15 is 0 Å². The third-order valence-corrected chi connectivity index (χ3v) is 11.5. The van der Waals surface area contributed by atoms with Crippen LogP contribution in [0.2, 0.25) is 24.2 Å². The molecular formula is C18H32Si. The molecule has 1 heteroatoms. The second-order valence-electron chi connectivity index (χ2n) is 7.54. The van der Waals surface area contributed by atoms with E-state index in [1.54, 1.807) is 0 Å². The fourth-order valence-corrected chi connectivity index (χ4v) is 9.94. The second-order valence-corrected chi connectivity index (χ2v) is 12.7. The minimum atomic E-state index is -1.09. The molecule has 0 amide bonds. The SMILES string of the molecule is C=CCC1CCC([Si](C)(C)C2CCCC2CC=C)C1. The summed E-state index contributed by atoms with van der Waals surface area (Å²) < 4.78 is 0. The highest BCUT2D eigenvalue weighted by atomic mass is 28.3. The van der Waals surface area contributed by atoms with Crippen LogP contribution < -0.4 is 0 Å². The average Bonchev–Trinajstić information content (AvgIpc) is 2.99. The van der Waals surface area contributed by atoms with Gasteiger partial charge in [0.15, 0.2) is 0 Å². The maximum atomic E-state index is 3.98. The molecule has 0 spiro atoms. The lowest BCUT2D eigenvalue weighted by atomic mass is 10.0. The Labute approximate surface area is 121 Å². The van der Waals surface area contributed by atoms with Gasteiger partial charge in [0.25, 0.3) is 0 Å². The lowest BCUT2D eigenvalue weighted by Crippen LogP contribution is -2.39. The zero-order valence-corrected chi connectivity index (χ0v) is 14.0. The Morgan fingerprint density at radius 1 is 1.00 bits per heavy atom. The van der Waals surface area contributed by atoms with Crippen LogP contribution in [0.25, 0.3) is 0 Å². The van der Waals surface area contributed by atoms with Gasteiger partial charge in [-0.2, -0.15) is 0 Å². The standard InChI is InChI=1S/C18H32Si/c1-5-8-15-12-13-17(14-15)19(3,4)18-11-7-10-16(18)9-6-2/h5-6,15-18H,1-2,7-14H2,3-4H3. The molecule has 0 saturated heterocycles. The van der Waals surface area contributed by atoms with Gasteiger partial charge in [-0.05, 0) is 42.2 Å². The van der Waals surface area contributed by atoms with Gasteiger partial charge in [-0.3, -0.25) is 0 Å². The third kappa shape index (κ3) is 3.24. The van der Waals surface area contributed by atoms with Gasteiger partial charge in [-0.15, -0.1) is 13.2 Å². The summed E-state index contributed by atoms with van der Waals surface area (Å²) in [4.78, 5) is 0. The van der Waals surface area contributed by atoms with Crippen LogP contribution in [0.3, 0.4) is 0 Å². The molecule has 4 atom stereocenters. The fourth-order valence-electron chi connectivity index (χ4n) is 5.02. The van der Waals surface area contributed by atoms with Crippen LogP contribution in [0.5, 0.6) is 0 Å². The van der Waals surface area contributed by atoms with Gasteiger partial charge >= 0.3 is 0 Å². The molecule has 2 rings (SSSR count). The Hall–Kier alpha value is -0.303. The normalized spacial score (nSPS) is 35.5. The van der Waals surface area contributed by atoms with Crippen molar-refractivity contribution in [2.24, 2.45) is 11.8 Å². The molecule has 0 heterocycles. The van der Waals surface area contributed by atoms with Crippen LogP contribution in [-0.2, 0) is 0 Å². The quantitative estimate of drug-likeness (QED) is 0.401. The van der Waals surface area contributed by atoms with E-state index in [4.69, 9.17) is 0 Å². The van der Waals surface area contributed by atoms with Crippen LogP contribution in [0.4, 0.5) is 0 Å². The number of allylic oxidation sites excluding steroid dienone is 2. The van der Waals surface area contributed by atoms with E-state index in [1.807, 2.05) is 0 Å². The average molecular weight is 277 g/mol. The van der Waals surface area contributed by atoms with Gasteiger partial charge in [0.05, 0.1) is 8.07 Å². The molecule has 0 aromatic rings. The largest absolute Gasteiger partial charge is 0.103 e. The van der Waals surface area contributed by atoms with E-state index in [1.165, 1.54) is 51.4 Å². The Kier molecular flexibility index (Phi) is 5.11. The van der Waals surface area contributed by atoms with Gasteiger partial charge in [0.1, 0.15) is 0 Å². The predicted molar refractivity (Wildman–Crippen MR) is 89.3 cm³/mol. The van der Waals surface area contributed by atoms with E-state index in [0.29, 0.717) is 0 Å². The lowest BCUT2D eigenvalue weighted by Gasteiger charge is -2.39. The highest BCUT2D eigenvalue weighted by Gasteiger charge is 2.46. The van der Waals surface area contributed by atoms with Crippen molar-refractivity contribution in [2.75, 3.05) is 0 Å². The minimum Gasteiger partial charge on any atom is -0.103 e. The fraction of sp³-hybridized carbons (Fsp3) is 0.778. The molecule has 0 aromatic heterocycles. The van der Waals surface area contributed by atoms with Gasteiger partial charge < -0.3 is 0 Å². The Bertz CT molecular complexity index is 318. The summed E-state index contributed by atoms with van der Waals surface area (Å²) in [6.45, 7) is 13.3. The number of hydrogen-bond acceptors (Lipinski definition) is 0. The van der Waals surface area contributed by atoms with Crippen LogP contribution >= 0.6 is 0 Å². The Morgan fingerprint density at radius 2 is 1.74 bits per heavy atom. The maximum absolute atomic E-state index is 3.98. The summed E-state index contributed by atoms with van der Waals surface area (Å²) in [6.07, 6.45) is 15.8. The molecule has 2 aliphatic rings. The summed E-state index contributed by atoms with van der Waals surface area (Å²) >= 11 is 0. The zero-order chi connectivity index (χ0) is 13.9. The van der Waals surface area contributed by atoms with E-state index in [-0.39, 0.29) is 0 Å². The van der Waals surface area contributed by atoms with Crippen LogP contribution in [-0.4, -0.2) is 8.07 Å². The van der Waals surface area contributed by atoms with Gasteiger partial charge in [-0.25, -0.2) is 0 Å². The van der Waals surface area contributed by atoms with Gasteiger partial charge in [0.2, 0.25) is 0 Å². The van der Waals surface area contributed by atoms with E-state index in [0.717, 1.165) is 22.9 Å². The zero-order valence-electron chi connectivity index (χ0n) is 13.0. The van der Waals surface area contributed by atoms with Crippen molar-refractivity contribution in [3.8, 4) is 0 Å². The molecule has 4 unspecified atom stereocenters. The minimum absolute atomic E-state index is 0.952. The number of rotatable bonds is 6. The van der Waals surface area contributed by atoms with Crippen molar-refractivity contribution >= 4 is 8.07 Å². The van der Waals surface area contributed by atoms with Crippen molar-refractivity contribution in [1.29, 1.82) is 0 Å². The lowest BCUT2D eigenvalue weighted by molar-refractivity contribution is 0.530. The van der Waals surface area contributed by atoms with Crippen molar-refractivity contribution < 1.29 is 0 Å². The maximum Gasteiger partial charge on any atom is 0.0538 e. The molecule has 2 aliphatic carbocycles. The number of hydrogen-bond donors (Lipinski definition) is 0. The summed E-state index contributed by atoms with van der Waals surface area (Å²) in [5.74, 6) is 1.92. The van der Waals surface area contributed by atoms with Crippen molar-refractivity contribution in [2.45, 2.75) is 75.5 Å². The Balaban J connectivity index is 2.01. The first-order valence-corrected chi connectivity index (χ1v) is 11.5. The summed E-state index contributed by atoms with van der Waals surface area (Å²) in [6, 6.07) is 0. The highest BCUT2D eigenvalue weighted by molar-refractivity contribution is 6.80. The van der Waals surface area contributed by atoms with E-state index < -0.39 is 8.07 Å². The van der Waals surface area contributed by atoms with Gasteiger partial charge in [-0.1, -0.05) is 57.4 Å². The molecule has 2 saturated carbocycles. The summed E-state index contributed by atoms with van der Waals surface area (Å²) in [7, 11) is -1.09. The first kappa shape index (κ1) is 15.1. The molecular weight excluding hydrogens is 244 g/mol. The van der Waals surface area contributed by atoms with E-state index in [2.05, 4.69) is 38.4 Å². The first-order valence-electron chi connectivity index (χ1n) is 8.31.